The summed E-state index contributed by atoms with van der Waals surface area (Å²) in [7, 11) is 0. The molecule has 4 aliphatic rings. The number of nitrogens with one attached hydrogen (secondary N) is 1. The molecule has 9 rings (SSSR count). The normalized spacial score (nSPS) is 18.0. The number of rotatable bonds is 9. The van der Waals surface area contributed by atoms with Gasteiger partial charge in [0.25, 0.3) is 17.0 Å². The summed E-state index contributed by atoms with van der Waals surface area (Å²) in [5.41, 5.74) is 0.844. The summed E-state index contributed by atoms with van der Waals surface area (Å²) in [6.45, 7) is 4.35. The van der Waals surface area contributed by atoms with E-state index >= 15 is 0 Å². The van der Waals surface area contributed by atoms with Crippen molar-refractivity contribution in [2.45, 2.75) is 89.4 Å². The van der Waals surface area contributed by atoms with E-state index in [4.69, 9.17) is 4.74 Å². The number of carbonyl (C=O) groups excluding carboxylic acids is 3. The van der Waals surface area contributed by atoms with Crippen LogP contribution in [0.4, 0.5) is 4.39 Å². The first-order valence-corrected chi connectivity index (χ1v) is 22.8. The number of aromatic amines is 1. The SMILES string of the molecule is C1CCCCC1.O=C(CN1CCC(OC2CCN(C(=O)Cn3ccc4ccccc4c3=O)CC2)CC1)N1CCN(C(=O)c2cc(Cc3n[nH]c(=O)c4ccccc34)ccc2F)CC1. The van der Waals surface area contributed by atoms with Crippen LogP contribution >= 0.6 is 0 Å². The van der Waals surface area contributed by atoms with E-state index in [2.05, 4.69) is 15.1 Å². The first kappa shape index (κ1) is 43.9. The van der Waals surface area contributed by atoms with Crippen molar-refractivity contribution < 1.29 is 23.5 Å². The summed E-state index contributed by atoms with van der Waals surface area (Å²) in [4.78, 5) is 72.2. The molecule has 5 aromatic rings. The van der Waals surface area contributed by atoms with Gasteiger partial charge < -0.3 is 24.0 Å². The fraction of sp³-hybridized carbons (Fsp3) is 0.469. The van der Waals surface area contributed by atoms with E-state index in [1.165, 1.54) is 49.2 Å². The Balaban J connectivity index is 0.000000838. The van der Waals surface area contributed by atoms with Gasteiger partial charge in [0, 0.05) is 75.7 Å². The van der Waals surface area contributed by atoms with E-state index in [1.807, 2.05) is 41.3 Å². The van der Waals surface area contributed by atoms with E-state index in [0.29, 0.717) is 79.7 Å². The highest BCUT2D eigenvalue weighted by Gasteiger charge is 2.31. The van der Waals surface area contributed by atoms with Gasteiger partial charge in [-0.1, -0.05) is 81.0 Å². The van der Waals surface area contributed by atoms with Gasteiger partial charge in [0.15, 0.2) is 0 Å². The smallest absolute Gasteiger partial charge is 0.272 e. The van der Waals surface area contributed by atoms with Gasteiger partial charge in [0.05, 0.1) is 35.4 Å². The van der Waals surface area contributed by atoms with Crippen molar-refractivity contribution in [3.05, 3.63) is 122 Å². The van der Waals surface area contributed by atoms with E-state index in [9.17, 15) is 28.4 Å². The number of hydrogen-bond acceptors (Lipinski definition) is 8. The van der Waals surface area contributed by atoms with Crippen molar-refractivity contribution in [2.75, 3.05) is 58.9 Å². The van der Waals surface area contributed by atoms with Crippen LogP contribution in [0.3, 0.4) is 0 Å². The number of fused-ring (bicyclic) bond motifs is 2. The Labute approximate surface area is 366 Å². The number of ether oxygens (including phenoxy) is 1. The van der Waals surface area contributed by atoms with Crippen LogP contribution in [-0.4, -0.2) is 123 Å². The summed E-state index contributed by atoms with van der Waals surface area (Å²) in [6.07, 6.45) is 14.3. The number of likely N-dealkylation sites (tertiary alicyclic amines) is 2. The first-order valence-electron chi connectivity index (χ1n) is 22.8. The highest BCUT2D eigenvalue weighted by molar-refractivity contribution is 5.95. The van der Waals surface area contributed by atoms with Gasteiger partial charge in [-0.15, -0.1) is 0 Å². The monoisotopic (exact) mass is 859 g/mol. The number of amides is 3. The number of nitrogens with zero attached hydrogens (tertiary/aromatic N) is 6. The number of aromatic nitrogens is 3. The summed E-state index contributed by atoms with van der Waals surface area (Å²) < 4.78 is 22.9. The molecule has 4 fully saturated rings. The lowest BCUT2D eigenvalue weighted by Crippen LogP contribution is -2.53. The molecule has 14 heteroatoms. The molecule has 63 heavy (non-hydrogen) atoms. The molecular weight excluding hydrogens is 802 g/mol. The van der Waals surface area contributed by atoms with Gasteiger partial charge >= 0.3 is 0 Å². The van der Waals surface area contributed by atoms with Gasteiger partial charge in [-0.2, -0.15) is 5.10 Å². The third kappa shape index (κ3) is 10.9. The molecule has 332 valence electrons. The molecule has 2 aromatic heterocycles. The number of pyridine rings is 1. The van der Waals surface area contributed by atoms with Crippen molar-refractivity contribution >= 4 is 39.3 Å². The van der Waals surface area contributed by atoms with Gasteiger partial charge in [-0.05, 0) is 67.0 Å². The molecule has 3 aliphatic heterocycles. The number of carbonyl (C=O) groups is 3. The molecule has 0 bridgehead atoms. The Hall–Kier alpha value is -5.73. The second-order valence-electron chi connectivity index (χ2n) is 17.4. The standard InChI is InChI=1S/C43H46FN7O6.C6H12/c44-37-10-9-29(26-38-34-7-3-4-8-35(34)41(54)46-45-38)25-36(37)43(56)50-23-21-49(22-24-50)39(52)27-47-16-12-31(13-17-47)57-32-14-19-48(20-15-32)40(53)28-51-18-11-30-5-1-2-6-33(30)42(51)55;1-2-4-6-5-3-1/h1-11,18,25,31-32H,12-17,19-24,26-28H2,(H,46,54);1-6H2. The number of benzene rings is 3. The lowest BCUT2D eigenvalue weighted by molar-refractivity contribution is -0.137. The predicted molar refractivity (Wildman–Crippen MR) is 240 cm³/mol. The Morgan fingerprint density at radius 2 is 1.22 bits per heavy atom. The minimum absolute atomic E-state index is 0.0123. The first-order chi connectivity index (χ1) is 30.7. The maximum absolute atomic E-state index is 15.0. The molecule has 5 heterocycles. The maximum atomic E-state index is 15.0. The van der Waals surface area contributed by atoms with E-state index < -0.39 is 11.7 Å². The summed E-state index contributed by atoms with van der Waals surface area (Å²) >= 11 is 0. The van der Waals surface area contributed by atoms with Crippen molar-refractivity contribution in [3.63, 3.8) is 0 Å². The quantitative estimate of drug-likeness (QED) is 0.197. The van der Waals surface area contributed by atoms with Crippen LogP contribution in [0.25, 0.3) is 21.5 Å². The highest BCUT2D eigenvalue weighted by Crippen LogP contribution is 2.23. The van der Waals surface area contributed by atoms with Gasteiger partial charge in [0.1, 0.15) is 12.4 Å². The van der Waals surface area contributed by atoms with Gasteiger partial charge in [0.2, 0.25) is 11.8 Å². The fourth-order valence-corrected chi connectivity index (χ4v) is 9.34. The topological polar surface area (TPSA) is 141 Å². The van der Waals surface area contributed by atoms with E-state index in [1.54, 1.807) is 46.3 Å². The minimum Gasteiger partial charge on any atom is -0.375 e. The Morgan fingerprint density at radius 1 is 0.651 bits per heavy atom. The summed E-state index contributed by atoms with van der Waals surface area (Å²) in [6, 6.07) is 20.9. The molecule has 3 aromatic carbocycles. The Kier molecular flexibility index (Phi) is 14.4. The number of halogens is 1. The molecule has 1 N–H and O–H groups in total. The van der Waals surface area contributed by atoms with Gasteiger partial charge in [-0.3, -0.25) is 28.9 Å². The molecule has 0 unspecified atom stereocenters. The average Bonchev–Trinajstić information content (AvgIpc) is 3.33. The molecule has 1 aliphatic carbocycles. The number of hydrogen-bond donors (Lipinski definition) is 1. The molecule has 0 atom stereocenters. The van der Waals surface area contributed by atoms with E-state index in [-0.39, 0.29) is 47.2 Å². The van der Waals surface area contributed by atoms with Crippen molar-refractivity contribution in [1.29, 1.82) is 0 Å². The molecule has 3 saturated heterocycles. The zero-order valence-electron chi connectivity index (χ0n) is 36.0. The van der Waals surface area contributed by atoms with Crippen molar-refractivity contribution in [1.82, 2.24) is 34.4 Å². The number of piperazine rings is 1. The molecule has 0 spiro atoms. The summed E-state index contributed by atoms with van der Waals surface area (Å²) in [5.74, 6) is -1.08. The molecule has 3 amide bonds. The number of H-pyrrole nitrogens is 1. The zero-order valence-corrected chi connectivity index (χ0v) is 36.0. The average molecular weight is 860 g/mol. The van der Waals surface area contributed by atoms with Crippen LogP contribution in [0, 0.1) is 5.82 Å². The predicted octanol–water partition coefficient (Wildman–Crippen LogP) is 5.77. The second-order valence-corrected chi connectivity index (χ2v) is 17.4. The minimum atomic E-state index is -0.610. The van der Waals surface area contributed by atoms with E-state index in [0.717, 1.165) is 44.2 Å². The zero-order chi connectivity index (χ0) is 43.7. The third-order valence-corrected chi connectivity index (χ3v) is 13.1. The Bertz CT molecular complexity index is 2500. The maximum Gasteiger partial charge on any atom is 0.272 e. The van der Waals surface area contributed by atoms with Crippen LogP contribution in [0.2, 0.25) is 0 Å². The Morgan fingerprint density at radius 3 is 1.90 bits per heavy atom. The van der Waals surface area contributed by atoms with Crippen LogP contribution in [0.1, 0.15) is 85.8 Å². The molecule has 1 saturated carbocycles. The van der Waals surface area contributed by atoms with Crippen LogP contribution < -0.4 is 11.1 Å². The van der Waals surface area contributed by atoms with Gasteiger partial charge in [-0.25, -0.2) is 9.49 Å². The third-order valence-electron chi connectivity index (χ3n) is 13.1. The van der Waals surface area contributed by atoms with Crippen LogP contribution in [0.5, 0.6) is 0 Å². The van der Waals surface area contributed by atoms with Crippen LogP contribution in [-0.2, 0) is 27.3 Å². The molecule has 0 radical (unpaired) electrons. The summed E-state index contributed by atoms with van der Waals surface area (Å²) in [5, 5.41) is 9.42. The lowest BCUT2D eigenvalue weighted by Gasteiger charge is -2.38. The highest BCUT2D eigenvalue weighted by atomic mass is 19.1. The largest absolute Gasteiger partial charge is 0.375 e. The fourth-order valence-electron chi connectivity index (χ4n) is 9.34. The molecule has 13 nitrogen and oxygen atoms in total. The molecular formula is C49H58FN7O6. The van der Waals surface area contributed by atoms with Crippen LogP contribution in [0.15, 0.2) is 88.6 Å². The number of piperidine rings is 2. The second kappa shape index (κ2) is 20.6. The lowest BCUT2D eigenvalue weighted by atomic mass is 10.0. The van der Waals surface area contributed by atoms with Crippen molar-refractivity contribution in [3.8, 4) is 0 Å². The van der Waals surface area contributed by atoms with Crippen molar-refractivity contribution in [2.24, 2.45) is 0 Å².